The number of ether oxygens (including phenoxy) is 1. The number of para-hydroxylation sites is 1. The molecule has 0 fully saturated rings. The zero-order chi connectivity index (χ0) is 23.3. The van der Waals surface area contributed by atoms with Crippen molar-refractivity contribution in [1.29, 1.82) is 0 Å². The highest BCUT2D eigenvalue weighted by atomic mass is 35.5. The minimum atomic E-state index is -3.98. The van der Waals surface area contributed by atoms with Gasteiger partial charge in [0.25, 0.3) is 5.91 Å². The van der Waals surface area contributed by atoms with Gasteiger partial charge in [0.1, 0.15) is 4.90 Å². The van der Waals surface area contributed by atoms with Gasteiger partial charge in [-0.05, 0) is 37.1 Å². The molecule has 0 aliphatic carbocycles. The molecule has 1 N–H and O–H groups in total. The first-order valence-electron chi connectivity index (χ1n) is 9.46. The van der Waals surface area contributed by atoms with Gasteiger partial charge in [0.2, 0.25) is 10.0 Å². The average Bonchev–Trinajstić information content (AvgIpc) is 2.71. The van der Waals surface area contributed by atoms with Crippen LogP contribution < -0.4 is 9.62 Å². The molecule has 10 heteroatoms. The Kier molecular flexibility index (Phi) is 8.48. The maximum Gasteiger partial charge on any atom is 0.340 e. The molecule has 0 heterocycles. The monoisotopic (exact) mass is 486 g/mol. The minimum Gasteiger partial charge on any atom is -0.449 e. The third-order valence-electron chi connectivity index (χ3n) is 4.32. The van der Waals surface area contributed by atoms with Crippen LogP contribution in [0.1, 0.15) is 31.1 Å². The molecule has 0 aliphatic heterocycles. The van der Waals surface area contributed by atoms with Gasteiger partial charge in [-0.25, -0.2) is 17.9 Å². The lowest BCUT2D eigenvalue weighted by Crippen LogP contribution is -2.37. The van der Waals surface area contributed by atoms with Crippen molar-refractivity contribution >= 4 is 50.8 Å². The van der Waals surface area contributed by atoms with Crippen LogP contribution in [-0.4, -0.2) is 40.0 Å². The van der Waals surface area contributed by atoms with Crippen molar-refractivity contribution in [3.05, 3.63) is 58.1 Å². The van der Waals surface area contributed by atoms with Gasteiger partial charge in [0.15, 0.2) is 6.10 Å². The number of nitrogens with one attached hydrogen (secondary N) is 1. The van der Waals surface area contributed by atoms with Gasteiger partial charge >= 0.3 is 5.97 Å². The van der Waals surface area contributed by atoms with E-state index in [4.69, 9.17) is 27.9 Å². The molecule has 1 atom stereocenters. The van der Waals surface area contributed by atoms with Crippen LogP contribution in [-0.2, 0) is 19.6 Å². The summed E-state index contributed by atoms with van der Waals surface area (Å²) in [5, 5.41) is -0.223. The zero-order valence-corrected chi connectivity index (χ0v) is 19.9. The molecule has 0 saturated heterocycles. The number of rotatable bonds is 8. The SMILES string of the molecule is CC(C)CNS(=O)(=O)c1cc(C(=O)O[C@H](C)C(=O)N(C)c2ccccc2)c(Cl)cc1Cl. The maximum atomic E-state index is 12.7. The number of amides is 1. The van der Waals surface area contributed by atoms with Gasteiger partial charge in [-0.15, -0.1) is 0 Å². The van der Waals surface area contributed by atoms with Crippen molar-refractivity contribution in [2.45, 2.75) is 31.8 Å². The van der Waals surface area contributed by atoms with E-state index in [-0.39, 0.29) is 33.0 Å². The second kappa shape index (κ2) is 10.5. The van der Waals surface area contributed by atoms with E-state index in [1.165, 1.54) is 11.8 Å². The van der Waals surface area contributed by atoms with Crippen molar-refractivity contribution < 1.29 is 22.7 Å². The first-order chi connectivity index (χ1) is 14.4. The Hall–Kier alpha value is -2.13. The quantitative estimate of drug-likeness (QED) is 0.566. The third kappa shape index (κ3) is 6.43. The minimum absolute atomic E-state index is 0.0683. The lowest BCUT2D eigenvalue weighted by Gasteiger charge is -2.22. The highest BCUT2D eigenvalue weighted by molar-refractivity contribution is 7.89. The number of carbonyl (C=O) groups excluding carboxylic acids is 2. The number of likely N-dealkylation sites (N-methyl/N-ethyl adjacent to an activating group) is 1. The molecule has 168 valence electrons. The van der Waals surface area contributed by atoms with E-state index < -0.39 is 28.0 Å². The number of esters is 1. The Balaban J connectivity index is 2.24. The molecule has 2 aromatic rings. The van der Waals surface area contributed by atoms with Crippen molar-refractivity contribution in [2.75, 3.05) is 18.5 Å². The van der Waals surface area contributed by atoms with E-state index in [0.717, 1.165) is 12.1 Å². The number of nitrogens with zero attached hydrogens (tertiary/aromatic N) is 1. The summed E-state index contributed by atoms with van der Waals surface area (Å²) >= 11 is 12.2. The van der Waals surface area contributed by atoms with Gasteiger partial charge < -0.3 is 9.64 Å². The highest BCUT2D eigenvalue weighted by Gasteiger charge is 2.27. The van der Waals surface area contributed by atoms with Crippen LogP contribution in [0.15, 0.2) is 47.4 Å². The Morgan fingerprint density at radius 1 is 1.06 bits per heavy atom. The van der Waals surface area contributed by atoms with Crippen molar-refractivity contribution in [1.82, 2.24) is 4.72 Å². The molecule has 0 unspecified atom stereocenters. The number of carbonyl (C=O) groups is 2. The molecule has 31 heavy (non-hydrogen) atoms. The summed E-state index contributed by atoms with van der Waals surface area (Å²) in [6.45, 7) is 5.31. The smallest absolute Gasteiger partial charge is 0.340 e. The van der Waals surface area contributed by atoms with Crippen molar-refractivity contribution in [2.24, 2.45) is 5.92 Å². The van der Waals surface area contributed by atoms with Gasteiger partial charge in [-0.3, -0.25) is 4.79 Å². The number of hydrogen-bond acceptors (Lipinski definition) is 5. The fraction of sp³-hybridized carbons (Fsp3) is 0.333. The van der Waals surface area contributed by atoms with Crippen molar-refractivity contribution in [3.63, 3.8) is 0 Å². The van der Waals surface area contributed by atoms with E-state index >= 15 is 0 Å². The fourth-order valence-corrected chi connectivity index (χ4v) is 4.63. The molecule has 0 saturated carbocycles. The predicted molar refractivity (Wildman–Crippen MR) is 121 cm³/mol. The molecule has 0 aliphatic rings. The summed E-state index contributed by atoms with van der Waals surface area (Å²) in [5.41, 5.74) is 0.419. The first kappa shape index (κ1) is 25.1. The number of anilines is 1. The molecule has 0 bridgehead atoms. The van der Waals surface area contributed by atoms with Crippen LogP contribution in [0.3, 0.4) is 0 Å². The first-order valence-corrected chi connectivity index (χ1v) is 11.7. The fourth-order valence-electron chi connectivity index (χ4n) is 2.57. The predicted octanol–water partition coefficient (Wildman–Crippen LogP) is 4.14. The van der Waals surface area contributed by atoms with Crippen LogP contribution >= 0.6 is 23.2 Å². The summed E-state index contributed by atoms with van der Waals surface area (Å²) in [4.78, 5) is 26.3. The maximum absolute atomic E-state index is 12.7. The van der Waals surface area contributed by atoms with Crippen LogP contribution in [0, 0.1) is 5.92 Å². The summed E-state index contributed by atoms with van der Waals surface area (Å²) in [5.74, 6) is -1.33. The highest BCUT2D eigenvalue weighted by Crippen LogP contribution is 2.29. The average molecular weight is 487 g/mol. The Morgan fingerprint density at radius 3 is 2.26 bits per heavy atom. The lowest BCUT2D eigenvalue weighted by molar-refractivity contribution is -0.126. The van der Waals surface area contributed by atoms with Crippen molar-refractivity contribution in [3.8, 4) is 0 Å². The van der Waals surface area contributed by atoms with Crippen LogP contribution in [0.25, 0.3) is 0 Å². The molecule has 0 aromatic heterocycles. The molecule has 2 rings (SSSR count). The molecule has 1 amide bonds. The molecular formula is C21H24Cl2N2O5S. The number of sulfonamides is 1. The number of hydrogen-bond donors (Lipinski definition) is 1. The molecule has 2 aromatic carbocycles. The lowest BCUT2D eigenvalue weighted by atomic mass is 10.2. The van der Waals surface area contributed by atoms with Crippen LogP contribution in [0.4, 0.5) is 5.69 Å². The Labute approximate surface area is 192 Å². The van der Waals surface area contributed by atoms with E-state index in [9.17, 15) is 18.0 Å². The van der Waals surface area contributed by atoms with E-state index in [1.807, 2.05) is 19.9 Å². The Bertz CT molecular complexity index is 1060. The molecule has 0 radical (unpaired) electrons. The molecule has 7 nitrogen and oxygen atoms in total. The second-order valence-electron chi connectivity index (χ2n) is 7.29. The van der Waals surface area contributed by atoms with Gasteiger partial charge in [-0.1, -0.05) is 55.2 Å². The van der Waals surface area contributed by atoms with Crippen LogP contribution in [0.5, 0.6) is 0 Å². The normalized spacial score (nSPS) is 12.5. The summed E-state index contributed by atoms with van der Waals surface area (Å²) in [6.07, 6.45) is -1.14. The third-order valence-corrected chi connectivity index (χ3v) is 6.52. The zero-order valence-electron chi connectivity index (χ0n) is 17.6. The Morgan fingerprint density at radius 2 is 1.68 bits per heavy atom. The molecule has 0 spiro atoms. The second-order valence-corrected chi connectivity index (χ2v) is 9.84. The van der Waals surface area contributed by atoms with Gasteiger partial charge in [-0.2, -0.15) is 0 Å². The molecular weight excluding hydrogens is 463 g/mol. The summed E-state index contributed by atoms with van der Waals surface area (Å²) in [6, 6.07) is 11.1. The van der Waals surface area contributed by atoms with E-state index in [2.05, 4.69) is 4.72 Å². The topological polar surface area (TPSA) is 92.8 Å². The summed E-state index contributed by atoms with van der Waals surface area (Å²) in [7, 11) is -2.42. The van der Waals surface area contributed by atoms with Gasteiger partial charge in [0, 0.05) is 19.3 Å². The standard InChI is InChI=1S/C21H24Cl2N2O5S/c1-13(2)12-24-31(28,29)19-10-16(17(22)11-18(19)23)21(27)30-14(3)20(26)25(4)15-8-6-5-7-9-15/h5-11,13-14,24H,12H2,1-4H3/t14-/m1/s1. The van der Waals surface area contributed by atoms with E-state index in [0.29, 0.717) is 5.69 Å². The largest absolute Gasteiger partial charge is 0.449 e. The van der Waals surface area contributed by atoms with E-state index in [1.54, 1.807) is 31.3 Å². The van der Waals surface area contributed by atoms with Gasteiger partial charge in [0.05, 0.1) is 15.6 Å². The van der Waals surface area contributed by atoms with Crippen LogP contribution in [0.2, 0.25) is 10.0 Å². The number of benzene rings is 2. The number of halogens is 2. The summed E-state index contributed by atoms with van der Waals surface area (Å²) < 4.78 is 32.8.